The smallest absolute Gasteiger partial charge is 0.261 e. The van der Waals surface area contributed by atoms with Crippen molar-refractivity contribution in [1.82, 2.24) is 9.55 Å². The highest BCUT2D eigenvalue weighted by Crippen LogP contribution is 2.32. The number of imidazole rings is 1. The monoisotopic (exact) mass is 469 g/mol. The van der Waals surface area contributed by atoms with Crippen molar-refractivity contribution in [3.8, 4) is 0 Å². The summed E-state index contributed by atoms with van der Waals surface area (Å²) in [4.78, 5) is 4.87. The number of hydrogen-bond donors (Lipinski definition) is 1. The molecule has 1 aromatic heterocycles. The van der Waals surface area contributed by atoms with E-state index in [-0.39, 0.29) is 10.3 Å². The number of fused-ring (bicyclic) bond motifs is 1. The number of aromatic nitrogens is 2. The average molecular weight is 470 g/mol. The minimum absolute atomic E-state index is 0.0299. The fraction of sp³-hybridized carbons (Fsp3) is 0.519. The van der Waals surface area contributed by atoms with Crippen molar-refractivity contribution >= 4 is 26.7 Å². The molecule has 6 heteroatoms. The Hall–Kier alpha value is -2.34. The zero-order chi connectivity index (χ0) is 24.2. The van der Waals surface area contributed by atoms with Gasteiger partial charge < -0.3 is 4.57 Å². The lowest BCUT2D eigenvalue weighted by Crippen LogP contribution is -2.16. The molecule has 0 atom stereocenters. The summed E-state index contributed by atoms with van der Waals surface area (Å²) in [5.41, 5.74) is 5.29. The molecule has 0 amide bonds. The average Bonchev–Trinajstić information content (AvgIpc) is 3.15. The summed E-state index contributed by atoms with van der Waals surface area (Å²) >= 11 is 0. The van der Waals surface area contributed by atoms with Gasteiger partial charge in [0.2, 0.25) is 0 Å². The van der Waals surface area contributed by atoms with Gasteiger partial charge in [0.1, 0.15) is 5.52 Å². The fourth-order valence-electron chi connectivity index (χ4n) is 4.12. The first-order chi connectivity index (χ1) is 15.5. The van der Waals surface area contributed by atoms with Crippen LogP contribution in [-0.4, -0.2) is 18.0 Å². The van der Waals surface area contributed by atoms with Crippen LogP contribution in [0.2, 0.25) is 0 Å². The van der Waals surface area contributed by atoms with Crippen molar-refractivity contribution in [2.24, 2.45) is 0 Å². The molecule has 2 aromatic carbocycles. The molecular formula is C27H39N3O2S. The molecule has 0 bridgehead atoms. The highest BCUT2D eigenvalue weighted by atomic mass is 32.2. The number of aryl methyl sites for hydroxylation is 2. The van der Waals surface area contributed by atoms with Crippen molar-refractivity contribution in [2.45, 2.75) is 96.9 Å². The second kappa shape index (κ2) is 10.3. The molecule has 0 spiro atoms. The van der Waals surface area contributed by atoms with Gasteiger partial charge in [-0.05, 0) is 60.6 Å². The van der Waals surface area contributed by atoms with Crippen LogP contribution in [0.1, 0.15) is 82.9 Å². The van der Waals surface area contributed by atoms with Crippen LogP contribution in [0, 0.1) is 13.8 Å². The molecule has 0 unspecified atom stereocenters. The van der Waals surface area contributed by atoms with Crippen LogP contribution in [0.3, 0.4) is 0 Å². The molecule has 0 radical (unpaired) electrons. The second-order valence-electron chi connectivity index (χ2n) is 10.1. The number of unbranched alkanes of at least 4 members (excludes halogenated alkanes) is 5. The lowest BCUT2D eigenvalue weighted by atomic mass is 9.87. The summed E-state index contributed by atoms with van der Waals surface area (Å²) in [6.07, 6.45) is 9.25. The van der Waals surface area contributed by atoms with E-state index in [0.29, 0.717) is 11.2 Å². The Morgan fingerprint density at radius 2 is 1.61 bits per heavy atom. The summed E-state index contributed by atoms with van der Waals surface area (Å²) < 4.78 is 31.5. The van der Waals surface area contributed by atoms with Gasteiger partial charge in [0.05, 0.1) is 22.4 Å². The molecular weight excluding hydrogens is 430 g/mol. The Morgan fingerprint density at radius 1 is 0.970 bits per heavy atom. The number of nitrogens with one attached hydrogen (secondary N) is 1. The summed E-state index contributed by atoms with van der Waals surface area (Å²) in [5.74, 6) is 0. The van der Waals surface area contributed by atoms with E-state index in [1.54, 1.807) is 12.1 Å². The van der Waals surface area contributed by atoms with Crippen LogP contribution < -0.4 is 4.72 Å². The van der Waals surface area contributed by atoms with E-state index in [2.05, 4.69) is 48.0 Å². The predicted octanol–water partition coefficient (Wildman–Crippen LogP) is 7.11. The zero-order valence-corrected chi connectivity index (χ0v) is 21.8. The molecule has 0 saturated carbocycles. The van der Waals surface area contributed by atoms with E-state index < -0.39 is 10.0 Å². The first-order valence-corrected chi connectivity index (χ1v) is 13.6. The number of benzene rings is 2. The van der Waals surface area contributed by atoms with Crippen LogP contribution in [0.4, 0.5) is 5.69 Å². The third kappa shape index (κ3) is 5.97. The molecule has 0 aliphatic carbocycles. The van der Waals surface area contributed by atoms with Crippen molar-refractivity contribution in [3.63, 3.8) is 0 Å². The quantitative estimate of drug-likeness (QED) is 0.322. The van der Waals surface area contributed by atoms with Crippen LogP contribution in [0.5, 0.6) is 0 Å². The van der Waals surface area contributed by atoms with E-state index in [4.69, 9.17) is 0 Å². The van der Waals surface area contributed by atoms with Crippen molar-refractivity contribution in [2.75, 3.05) is 4.72 Å². The molecule has 0 saturated heterocycles. The minimum atomic E-state index is -3.73. The standard InChI is InChI=1S/C27H39N3O2S/c1-7-8-9-10-11-12-17-30-19-28-26-24(30)18-20(2)21(3)25(26)29-33(31,32)23-15-13-22(14-16-23)27(4,5)6/h13-16,18-19,29H,7-12,17H2,1-6H3. The first-order valence-electron chi connectivity index (χ1n) is 12.1. The Morgan fingerprint density at radius 3 is 2.24 bits per heavy atom. The maximum Gasteiger partial charge on any atom is 0.261 e. The van der Waals surface area contributed by atoms with Gasteiger partial charge >= 0.3 is 0 Å². The Balaban J connectivity index is 1.85. The number of sulfonamides is 1. The third-order valence-corrected chi connectivity index (χ3v) is 7.82. The molecule has 0 aliphatic heterocycles. The van der Waals surface area contributed by atoms with Gasteiger partial charge in [-0.3, -0.25) is 4.72 Å². The predicted molar refractivity (Wildman–Crippen MR) is 139 cm³/mol. The number of rotatable bonds is 10. The highest BCUT2D eigenvalue weighted by molar-refractivity contribution is 7.92. The van der Waals surface area contributed by atoms with Gasteiger partial charge in [-0.15, -0.1) is 0 Å². The lowest BCUT2D eigenvalue weighted by molar-refractivity contribution is 0.564. The molecule has 33 heavy (non-hydrogen) atoms. The summed E-state index contributed by atoms with van der Waals surface area (Å²) in [6, 6.07) is 9.26. The second-order valence-corrected chi connectivity index (χ2v) is 11.8. The van der Waals surface area contributed by atoms with E-state index in [9.17, 15) is 8.42 Å². The minimum Gasteiger partial charge on any atom is -0.331 e. The van der Waals surface area contributed by atoms with Gasteiger partial charge in [0.15, 0.2) is 0 Å². The molecule has 180 valence electrons. The van der Waals surface area contributed by atoms with Crippen molar-refractivity contribution in [1.29, 1.82) is 0 Å². The molecule has 1 heterocycles. The van der Waals surface area contributed by atoms with E-state index in [0.717, 1.165) is 35.2 Å². The van der Waals surface area contributed by atoms with Crippen LogP contribution in [0.15, 0.2) is 41.6 Å². The van der Waals surface area contributed by atoms with Gasteiger partial charge in [-0.25, -0.2) is 13.4 Å². The highest BCUT2D eigenvalue weighted by Gasteiger charge is 2.21. The van der Waals surface area contributed by atoms with Gasteiger partial charge in [-0.2, -0.15) is 0 Å². The van der Waals surface area contributed by atoms with E-state index in [1.807, 2.05) is 32.3 Å². The maximum atomic E-state index is 13.2. The number of nitrogens with zero attached hydrogens (tertiary/aromatic N) is 2. The summed E-state index contributed by atoms with van der Waals surface area (Å²) in [5, 5.41) is 0. The van der Waals surface area contributed by atoms with E-state index in [1.165, 1.54) is 32.1 Å². The van der Waals surface area contributed by atoms with Crippen LogP contribution in [0.25, 0.3) is 11.0 Å². The van der Waals surface area contributed by atoms with Crippen molar-refractivity contribution < 1.29 is 8.42 Å². The molecule has 3 rings (SSSR count). The normalized spacial score (nSPS) is 12.4. The Bertz CT molecular complexity index is 1190. The number of hydrogen-bond acceptors (Lipinski definition) is 3. The Kier molecular flexibility index (Phi) is 7.88. The van der Waals surface area contributed by atoms with Gasteiger partial charge in [0.25, 0.3) is 10.0 Å². The van der Waals surface area contributed by atoms with Crippen molar-refractivity contribution in [3.05, 3.63) is 53.3 Å². The number of anilines is 1. The maximum absolute atomic E-state index is 13.2. The Labute approximate surface area is 199 Å². The van der Waals surface area contributed by atoms with Gasteiger partial charge in [-0.1, -0.05) is 71.9 Å². The van der Waals surface area contributed by atoms with E-state index >= 15 is 0 Å². The third-order valence-electron chi connectivity index (χ3n) is 6.45. The largest absolute Gasteiger partial charge is 0.331 e. The van der Waals surface area contributed by atoms with Gasteiger partial charge in [0, 0.05) is 6.54 Å². The zero-order valence-electron chi connectivity index (χ0n) is 21.0. The molecule has 3 aromatic rings. The fourth-order valence-corrected chi connectivity index (χ4v) is 5.25. The molecule has 5 nitrogen and oxygen atoms in total. The topological polar surface area (TPSA) is 64.0 Å². The molecule has 1 N–H and O–H groups in total. The van der Waals surface area contributed by atoms with Crippen LogP contribution in [-0.2, 0) is 22.0 Å². The molecule has 0 fully saturated rings. The SMILES string of the molecule is CCCCCCCCn1cnc2c(NS(=O)(=O)c3ccc(C(C)(C)C)cc3)c(C)c(C)cc21. The summed E-state index contributed by atoms with van der Waals surface area (Å²) in [7, 11) is -3.73. The van der Waals surface area contributed by atoms with Crippen LogP contribution >= 0.6 is 0 Å². The lowest BCUT2D eigenvalue weighted by Gasteiger charge is -2.19. The summed E-state index contributed by atoms with van der Waals surface area (Å²) in [6.45, 7) is 13.4. The molecule has 0 aliphatic rings. The first kappa shape index (κ1) is 25.3.